The molecule has 3 aromatic rings. The van der Waals surface area contributed by atoms with Crippen LogP contribution in [0, 0.1) is 5.82 Å². The van der Waals surface area contributed by atoms with Gasteiger partial charge >= 0.3 is 0 Å². The molecule has 0 aliphatic carbocycles. The van der Waals surface area contributed by atoms with Crippen molar-refractivity contribution in [3.05, 3.63) is 54.0 Å². The molecule has 2 aromatic heterocycles. The van der Waals surface area contributed by atoms with Crippen LogP contribution in [0.2, 0.25) is 0 Å². The van der Waals surface area contributed by atoms with Gasteiger partial charge in [0.25, 0.3) is 0 Å². The molecule has 1 aliphatic heterocycles. The van der Waals surface area contributed by atoms with Gasteiger partial charge in [-0.1, -0.05) is 23.0 Å². The van der Waals surface area contributed by atoms with E-state index in [2.05, 4.69) is 20.6 Å². The Labute approximate surface area is 166 Å². The summed E-state index contributed by atoms with van der Waals surface area (Å²) in [6, 6.07) is 10.2. The quantitative estimate of drug-likeness (QED) is 0.638. The standard InChI is InChI=1S/C18H19FN6O2S/c19-15-5-2-1-4-13(15)10-21-18(28)24-8-9-26-14(11-24)12-27-25-17-16(22-23-25)6-3-7-20-17/h1-7,14H,8-12H2,(H,21,28). The average Bonchev–Trinajstić information content (AvgIpc) is 3.15. The van der Waals surface area contributed by atoms with Crippen molar-refractivity contribution in [3.63, 3.8) is 0 Å². The monoisotopic (exact) mass is 402 g/mol. The summed E-state index contributed by atoms with van der Waals surface area (Å²) >= 11 is 5.45. The third-order valence-corrected chi connectivity index (χ3v) is 4.78. The molecule has 1 atom stereocenters. The number of benzene rings is 1. The molecule has 0 amide bonds. The maximum Gasteiger partial charge on any atom is 0.219 e. The van der Waals surface area contributed by atoms with Crippen LogP contribution in [0.15, 0.2) is 42.6 Å². The Morgan fingerprint density at radius 3 is 3.11 bits per heavy atom. The maximum absolute atomic E-state index is 13.7. The summed E-state index contributed by atoms with van der Waals surface area (Å²) in [6.45, 7) is 2.35. The lowest BCUT2D eigenvalue weighted by molar-refractivity contribution is -0.0614. The minimum Gasteiger partial charge on any atom is -0.391 e. The molecule has 3 heterocycles. The Hall–Kier alpha value is -2.85. The molecular formula is C18H19FN6O2S. The van der Waals surface area contributed by atoms with Gasteiger partial charge in [0.15, 0.2) is 5.11 Å². The van der Waals surface area contributed by atoms with Gasteiger partial charge in [-0.15, -0.1) is 5.10 Å². The highest BCUT2D eigenvalue weighted by Gasteiger charge is 2.23. The summed E-state index contributed by atoms with van der Waals surface area (Å²) in [7, 11) is 0. The number of ether oxygens (including phenoxy) is 1. The second kappa shape index (κ2) is 8.44. The van der Waals surface area contributed by atoms with E-state index in [0.717, 1.165) is 0 Å². The van der Waals surface area contributed by atoms with Gasteiger partial charge in [-0.05, 0) is 35.6 Å². The molecule has 10 heteroatoms. The number of pyridine rings is 1. The Bertz CT molecular complexity index is 968. The summed E-state index contributed by atoms with van der Waals surface area (Å²) in [5.74, 6) is -0.250. The second-order valence-corrected chi connectivity index (χ2v) is 6.68. The number of morpholine rings is 1. The Balaban J connectivity index is 1.30. The van der Waals surface area contributed by atoms with Gasteiger partial charge < -0.3 is 19.8 Å². The molecule has 146 valence electrons. The van der Waals surface area contributed by atoms with E-state index in [9.17, 15) is 4.39 Å². The number of hydrogen-bond acceptors (Lipinski definition) is 6. The predicted molar refractivity (Wildman–Crippen MR) is 104 cm³/mol. The first kappa shape index (κ1) is 18.5. The lowest BCUT2D eigenvalue weighted by Crippen LogP contribution is -2.51. The van der Waals surface area contributed by atoms with Crippen LogP contribution in [-0.2, 0) is 11.3 Å². The fourth-order valence-electron chi connectivity index (χ4n) is 2.91. The fourth-order valence-corrected chi connectivity index (χ4v) is 3.15. The summed E-state index contributed by atoms with van der Waals surface area (Å²) < 4.78 is 19.5. The van der Waals surface area contributed by atoms with Gasteiger partial charge in [-0.3, -0.25) is 0 Å². The molecule has 0 saturated carbocycles. The van der Waals surface area contributed by atoms with E-state index in [-0.39, 0.29) is 18.5 Å². The van der Waals surface area contributed by atoms with Crippen LogP contribution in [0.3, 0.4) is 0 Å². The first-order chi connectivity index (χ1) is 13.7. The summed E-state index contributed by atoms with van der Waals surface area (Å²) in [5, 5.41) is 11.6. The second-order valence-electron chi connectivity index (χ2n) is 6.29. The number of halogens is 1. The van der Waals surface area contributed by atoms with Gasteiger partial charge in [0.05, 0.1) is 6.61 Å². The van der Waals surface area contributed by atoms with E-state index in [1.807, 2.05) is 11.0 Å². The lowest BCUT2D eigenvalue weighted by Gasteiger charge is -2.34. The number of nitrogens with zero attached hydrogens (tertiary/aromatic N) is 5. The van der Waals surface area contributed by atoms with Gasteiger partial charge in [-0.25, -0.2) is 9.37 Å². The van der Waals surface area contributed by atoms with Crippen molar-refractivity contribution in [2.24, 2.45) is 0 Å². The van der Waals surface area contributed by atoms with Crippen LogP contribution in [0.5, 0.6) is 0 Å². The van der Waals surface area contributed by atoms with E-state index in [1.165, 1.54) is 10.9 Å². The third kappa shape index (κ3) is 4.18. The number of rotatable bonds is 5. The van der Waals surface area contributed by atoms with Crippen LogP contribution in [0.4, 0.5) is 4.39 Å². The van der Waals surface area contributed by atoms with Crippen molar-refractivity contribution in [1.29, 1.82) is 0 Å². The average molecular weight is 402 g/mol. The minimum atomic E-state index is -0.250. The zero-order chi connectivity index (χ0) is 19.3. The molecule has 1 aromatic carbocycles. The van der Waals surface area contributed by atoms with Gasteiger partial charge in [0.1, 0.15) is 24.0 Å². The number of hydrogen-bond donors (Lipinski definition) is 1. The molecule has 28 heavy (non-hydrogen) atoms. The molecule has 0 spiro atoms. The molecule has 1 saturated heterocycles. The number of thiocarbonyl (C=S) groups is 1. The highest BCUT2D eigenvalue weighted by Crippen LogP contribution is 2.09. The minimum absolute atomic E-state index is 0.190. The SMILES string of the molecule is Fc1ccccc1CNC(=S)N1CCOC(COn2nnc3cccnc32)C1. The highest BCUT2D eigenvalue weighted by atomic mass is 32.1. The van der Waals surface area contributed by atoms with Crippen LogP contribution >= 0.6 is 12.2 Å². The van der Waals surface area contributed by atoms with E-state index < -0.39 is 0 Å². The topological polar surface area (TPSA) is 77.3 Å². The van der Waals surface area contributed by atoms with E-state index in [0.29, 0.717) is 48.1 Å². The maximum atomic E-state index is 13.7. The molecule has 1 N–H and O–H groups in total. The molecule has 1 aliphatic rings. The summed E-state index contributed by atoms with van der Waals surface area (Å²) in [6.07, 6.45) is 1.47. The summed E-state index contributed by atoms with van der Waals surface area (Å²) in [4.78, 5) is 13.2. The highest BCUT2D eigenvalue weighted by molar-refractivity contribution is 7.80. The van der Waals surface area contributed by atoms with Crippen molar-refractivity contribution in [1.82, 2.24) is 30.4 Å². The summed E-state index contributed by atoms with van der Waals surface area (Å²) in [5.41, 5.74) is 1.79. The smallest absolute Gasteiger partial charge is 0.219 e. The van der Waals surface area contributed by atoms with Crippen molar-refractivity contribution in [3.8, 4) is 0 Å². The van der Waals surface area contributed by atoms with Gasteiger partial charge in [0.2, 0.25) is 5.65 Å². The van der Waals surface area contributed by atoms with Crippen LogP contribution in [-0.4, -0.2) is 62.6 Å². The first-order valence-electron chi connectivity index (χ1n) is 8.88. The molecule has 0 bridgehead atoms. The predicted octanol–water partition coefficient (Wildman–Crippen LogP) is 1.17. The number of fused-ring (bicyclic) bond motifs is 1. The van der Waals surface area contributed by atoms with E-state index >= 15 is 0 Å². The van der Waals surface area contributed by atoms with Crippen molar-refractivity contribution >= 4 is 28.5 Å². The Morgan fingerprint density at radius 2 is 2.21 bits per heavy atom. The zero-order valence-electron chi connectivity index (χ0n) is 15.0. The normalized spacial score (nSPS) is 16.9. The molecule has 1 unspecified atom stereocenters. The largest absolute Gasteiger partial charge is 0.391 e. The molecular weight excluding hydrogens is 383 g/mol. The van der Waals surface area contributed by atoms with Crippen molar-refractivity contribution in [2.75, 3.05) is 26.3 Å². The fraction of sp³-hybridized carbons (Fsp3) is 0.333. The molecule has 0 radical (unpaired) electrons. The van der Waals surface area contributed by atoms with Crippen molar-refractivity contribution < 1.29 is 14.0 Å². The first-order valence-corrected chi connectivity index (χ1v) is 9.29. The Kier molecular flexibility index (Phi) is 5.58. The molecule has 4 rings (SSSR count). The van der Waals surface area contributed by atoms with Gasteiger partial charge in [0, 0.05) is 31.4 Å². The molecule has 8 nitrogen and oxygen atoms in total. The zero-order valence-corrected chi connectivity index (χ0v) is 15.8. The van der Waals surface area contributed by atoms with Crippen LogP contribution in [0.25, 0.3) is 11.2 Å². The number of aromatic nitrogens is 4. The number of nitrogens with one attached hydrogen (secondary N) is 1. The van der Waals surface area contributed by atoms with Crippen molar-refractivity contribution in [2.45, 2.75) is 12.6 Å². The third-order valence-electron chi connectivity index (χ3n) is 4.38. The van der Waals surface area contributed by atoms with Gasteiger partial charge in [-0.2, -0.15) is 0 Å². The molecule has 1 fully saturated rings. The Morgan fingerprint density at radius 1 is 1.32 bits per heavy atom. The van der Waals surface area contributed by atoms with Crippen LogP contribution in [0.1, 0.15) is 5.56 Å². The van der Waals surface area contributed by atoms with Crippen LogP contribution < -0.4 is 10.2 Å². The van der Waals surface area contributed by atoms with E-state index in [4.69, 9.17) is 21.8 Å². The van der Waals surface area contributed by atoms with E-state index in [1.54, 1.807) is 30.5 Å². The lowest BCUT2D eigenvalue weighted by atomic mass is 10.2.